The Kier molecular flexibility index (Phi) is 2.16. The van der Waals surface area contributed by atoms with Crippen molar-refractivity contribution >= 4 is 0 Å². The van der Waals surface area contributed by atoms with Crippen molar-refractivity contribution in [3.05, 3.63) is 35.9 Å². The summed E-state index contributed by atoms with van der Waals surface area (Å²) in [6.45, 7) is 2.36. The summed E-state index contributed by atoms with van der Waals surface area (Å²) >= 11 is 0. The maximum Gasteiger partial charge on any atom is -0.0159 e. The molecule has 1 aliphatic carbocycles. The Balaban J connectivity index is 2.11. The average Bonchev–Trinajstić information content (AvgIpc) is 2.54. The molecule has 0 unspecified atom stereocenters. The molecule has 0 bridgehead atoms. The van der Waals surface area contributed by atoms with Crippen molar-refractivity contribution in [1.82, 2.24) is 0 Å². The van der Waals surface area contributed by atoms with Crippen molar-refractivity contribution in [3.8, 4) is 0 Å². The van der Waals surface area contributed by atoms with Crippen LogP contribution >= 0.6 is 0 Å². The molecule has 2 atom stereocenters. The van der Waals surface area contributed by atoms with E-state index in [0.717, 1.165) is 11.8 Å². The monoisotopic (exact) mass is 160 g/mol. The number of benzene rings is 1. The molecule has 0 aliphatic heterocycles. The van der Waals surface area contributed by atoms with Gasteiger partial charge >= 0.3 is 0 Å². The predicted molar refractivity (Wildman–Crippen MR) is 52.2 cm³/mol. The highest BCUT2D eigenvalue weighted by Gasteiger charge is 2.21. The molecule has 0 heteroatoms. The summed E-state index contributed by atoms with van der Waals surface area (Å²) < 4.78 is 0. The topological polar surface area (TPSA) is 0 Å². The highest BCUT2D eigenvalue weighted by Crippen LogP contribution is 2.37. The standard InChI is InChI=1S/C12H16/c1-10-7-8-12(9-10)11-5-3-2-4-6-11/h2-6,10,12H,7-9H2,1H3/t10-,12+/m0/s1. The lowest BCUT2D eigenvalue weighted by Crippen LogP contribution is -1.92. The van der Waals surface area contributed by atoms with E-state index < -0.39 is 0 Å². The van der Waals surface area contributed by atoms with Crippen molar-refractivity contribution in [1.29, 1.82) is 0 Å². The zero-order valence-electron chi connectivity index (χ0n) is 7.66. The van der Waals surface area contributed by atoms with E-state index in [-0.39, 0.29) is 0 Å². The first-order valence-corrected chi connectivity index (χ1v) is 4.91. The van der Waals surface area contributed by atoms with Gasteiger partial charge in [-0.2, -0.15) is 0 Å². The zero-order valence-corrected chi connectivity index (χ0v) is 7.66. The summed E-state index contributed by atoms with van der Waals surface area (Å²) in [5.41, 5.74) is 1.54. The average molecular weight is 160 g/mol. The Morgan fingerprint density at radius 1 is 1.08 bits per heavy atom. The van der Waals surface area contributed by atoms with E-state index in [1.54, 1.807) is 5.56 Å². The molecule has 0 heterocycles. The molecule has 1 aliphatic rings. The van der Waals surface area contributed by atoms with E-state index in [2.05, 4.69) is 37.3 Å². The number of hydrogen-bond acceptors (Lipinski definition) is 0. The summed E-state index contributed by atoms with van der Waals surface area (Å²) in [5, 5.41) is 0. The van der Waals surface area contributed by atoms with E-state index in [1.165, 1.54) is 19.3 Å². The molecule has 12 heavy (non-hydrogen) atoms. The second-order valence-corrected chi connectivity index (χ2v) is 4.03. The van der Waals surface area contributed by atoms with Crippen LogP contribution in [0.4, 0.5) is 0 Å². The summed E-state index contributed by atoms with van der Waals surface area (Å²) in [4.78, 5) is 0. The molecule has 1 saturated carbocycles. The van der Waals surface area contributed by atoms with Crippen LogP contribution in [-0.4, -0.2) is 0 Å². The van der Waals surface area contributed by atoms with Gasteiger partial charge in [0.15, 0.2) is 0 Å². The van der Waals surface area contributed by atoms with Crippen LogP contribution in [0.3, 0.4) is 0 Å². The van der Waals surface area contributed by atoms with Crippen molar-refractivity contribution in [2.24, 2.45) is 5.92 Å². The molecular formula is C12H16. The molecule has 1 fully saturated rings. The molecule has 0 N–H and O–H groups in total. The number of hydrogen-bond donors (Lipinski definition) is 0. The summed E-state index contributed by atoms with van der Waals surface area (Å²) in [7, 11) is 0. The summed E-state index contributed by atoms with van der Waals surface area (Å²) in [6, 6.07) is 10.9. The van der Waals surface area contributed by atoms with Gasteiger partial charge in [0.05, 0.1) is 0 Å². The molecule has 0 spiro atoms. The largest absolute Gasteiger partial charge is 0.0625 e. The van der Waals surface area contributed by atoms with Crippen molar-refractivity contribution in [2.75, 3.05) is 0 Å². The first kappa shape index (κ1) is 7.85. The molecular weight excluding hydrogens is 144 g/mol. The quantitative estimate of drug-likeness (QED) is 0.589. The van der Waals surface area contributed by atoms with Gasteiger partial charge in [0.1, 0.15) is 0 Å². The SMILES string of the molecule is C[C@H]1CC[C@@H](c2ccccc2)C1. The molecule has 2 rings (SSSR count). The van der Waals surface area contributed by atoms with E-state index in [1.807, 2.05) is 0 Å². The lowest BCUT2D eigenvalue weighted by atomic mass is 9.97. The van der Waals surface area contributed by atoms with Crippen molar-refractivity contribution in [2.45, 2.75) is 32.1 Å². The lowest BCUT2D eigenvalue weighted by Gasteiger charge is -2.08. The third-order valence-corrected chi connectivity index (χ3v) is 2.97. The zero-order chi connectivity index (χ0) is 8.39. The second kappa shape index (κ2) is 3.30. The third kappa shape index (κ3) is 1.52. The van der Waals surface area contributed by atoms with E-state index in [9.17, 15) is 0 Å². The Hall–Kier alpha value is -0.780. The van der Waals surface area contributed by atoms with Crippen LogP contribution in [0.2, 0.25) is 0 Å². The van der Waals surface area contributed by atoms with Crippen LogP contribution in [-0.2, 0) is 0 Å². The molecule has 0 aromatic heterocycles. The van der Waals surface area contributed by atoms with Gasteiger partial charge in [-0.05, 0) is 30.2 Å². The van der Waals surface area contributed by atoms with Gasteiger partial charge < -0.3 is 0 Å². The van der Waals surface area contributed by atoms with Gasteiger partial charge in [-0.3, -0.25) is 0 Å². The Morgan fingerprint density at radius 3 is 2.42 bits per heavy atom. The smallest absolute Gasteiger partial charge is 0.0159 e. The Morgan fingerprint density at radius 2 is 1.83 bits per heavy atom. The van der Waals surface area contributed by atoms with Gasteiger partial charge in [0.2, 0.25) is 0 Å². The predicted octanol–water partition coefficient (Wildman–Crippen LogP) is 3.59. The fourth-order valence-electron chi connectivity index (χ4n) is 2.24. The molecule has 1 aromatic carbocycles. The Bertz CT molecular complexity index is 237. The van der Waals surface area contributed by atoms with Crippen LogP contribution in [0.15, 0.2) is 30.3 Å². The molecule has 0 amide bonds. The second-order valence-electron chi connectivity index (χ2n) is 4.03. The first-order valence-electron chi connectivity index (χ1n) is 4.91. The highest BCUT2D eigenvalue weighted by molar-refractivity contribution is 5.20. The van der Waals surface area contributed by atoms with Crippen LogP contribution in [0, 0.1) is 5.92 Å². The third-order valence-electron chi connectivity index (χ3n) is 2.97. The van der Waals surface area contributed by atoms with E-state index >= 15 is 0 Å². The number of rotatable bonds is 1. The summed E-state index contributed by atoms with van der Waals surface area (Å²) in [5.74, 6) is 1.79. The summed E-state index contributed by atoms with van der Waals surface area (Å²) in [6.07, 6.45) is 4.20. The van der Waals surface area contributed by atoms with Gasteiger partial charge in [0, 0.05) is 0 Å². The van der Waals surface area contributed by atoms with Crippen LogP contribution in [0.5, 0.6) is 0 Å². The molecule has 64 valence electrons. The molecule has 0 nitrogen and oxygen atoms in total. The van der Waals surface area contributed by atoms with Crippen molar-refractivity contribution in [3.63, 3.8) is 0 Å². The van der Waals surface area contributed by atoms with Crippen LogP contribution < -0.4 is 0 Å². The van der Waals surface area contributed by atoms with E-state index in [0.29, 0.717) is 0 Å². The minimum absolute atomic E-state index is 0.848. The highest BCUT2D eigenvalue weighted by atomic mass is 14.3. The van der Waals surface area contributed by atoms with Gasteiger partial charge in [0.25, 0.3) is 0 Å². The van der Waals surface area contributed by atoms with Gasteiger partial charge in [-0.1, -0.05) is 43.7 Å². The van der Waals surface area contributed by atoms with Crippen LogP contribution in [0.1, 0.15) is 37.7 Å². The maximum atomic E-state index is 2.36. The van der Waals surface area contributed by atoms with Crippen LogP contribution in [0.25, 0.3) is 0 Å². The minimum Gasteiger partial charge on any atom is -0.0625 e. The fourth-order valence-corrected chi connectivity index (χ4v) is 2.24. The molecule has 0 saturated heterocycles. The maximum absolute atomic E-state index is 2.36. The lowest BCUT2D eigenvalue weighted by molar-refractivity contribution is 0.596. The van der Waals surface area contributed by atoms with Gasteiger partial charge in [-0.25, -0.2) is 0 Å². The minimum atomic E-state index is 0.848. The van der Waals surface area contributed by atoms with Gasteiger partial charge in [-0.15, -0.1) is 0 Å². The molecule has 1 aromatic rings. The van der Waals surface area contributed by atoms with Crippen molar-refractivity contribution < 1.29 is 0 Å². The molecule has 0 radical (unpaired) electrons. The normalized spacial score (nSPS) is 29.1. The Labute approximate surface area is 74.6 Å². The fraction of sp³-hybridized carbons (Fsp3) is 0.500. The van der Waals surface area contributed by atoms with E-state index in [4.69, 9.17) is 0 Å². The first-order chi connectivity index (χ1) is 5.86.